The Kier molecular flexibility index (Phi) is 7.23. The second kappa shape index (κ2) is 9.40. The van der Waals surface area contributed by atoms with Gasteiger partial charge in [0.2, 0.25) is 10.0 Å². The van der Waals surface area contributed by atoms with Gasteiger partial charge in [-0.2, -0.15) is 4.31 Å². The van der Waals surface area contributed by atoms with Crippen molar-refractivity contribution in [3.63, 3.8) is 0 Å². The molecule has 0 spiro atoms. The lowest BCUT2D eigenvalue weighted by Crippen LogP contribution is -2.32. The predicted molar refractivity (Wildman–Crippen MR) is 109 cm³/mol. The summed E-state index contributed by atoms with van der Waals surface area (Å²) in [5.74, 6) is 6.75. The Bertz CT molecular complexity index is 943. The molecule has 27 heavy (non-hydrogen) atoms. The van der Waals surface area contributed by atoms with E-state index in [1.807, 2.05) is 51.1 Å². The van der Waals surface area contributed by atoms with Crippen LogP contribution in [0.15, 0.2) is 65.1 Å². The maximum atomic E-state index is 13.0. The highest BCUT2D eigenvalue weighted by molar-refractivity contribution is 7.89. The Morgan fingerprint density at radius 2 is 1.70 bits per heavy atom. The maximum absolute atomic E-state index is 13.0. The van der Waals surface area contributed by atoms with Gasteiger partial charge in [0.25, 0.3) is 0 Å². The molecule has 0 aliphatic heterocycles. The van der Waals surface area contributed by atoms with Crippen LogP contribution in [0.25, 0.3) is 0 Å². The number of hydrogen-bond donors (Lipinski definition) is 0. The van der Waals surface area contributed by atoms with Crippen molar-refractivity contribution in [2.45, 2.75) is 25.7 Å². The number of aryl methyl sites for hydroxylation is 1. The van der Waals surface area contributed by atoms with Crippen molar-refractivity contribution in [2.75, 3.05) is 20.2 Å². The summed E-state index contributed by atoms with van der Waals surface area (Å²) in [6.07, 6.45) is 1.89. The van der Waals surface area contributed by atoms with E-state index in [0.717, 1.165) is 22.4 Å². The first-order chi connectivity index (χ1) is 12.8. The molecule has 4 nitrogen and oxygen atoms in total. The van der Waals surface area contributed by atoms with Crippen molar-refractivity contribution in [3.05, 3.63) is 71.3 Å². The summed E-state index contributed by atoms with van der Waals surface area (Å²) in [6, 6.07) is 14.2. The summed E-state index contributed by atoms with van der Waals surface area (Å²) in [5.41, 5.74) is 2.89. The van der Waals surface area contributed by atoms with Crippen molar-refractivity contribution in [1.29, 1.82) is 0 Å². The van der Waals surface area contributed by atoms with Crippen LogP contribution in [0.3, 0.4) is 0 Å². The third-order valence-electron chi connectivity index (χ3n) is 3.94. The van der Waals surface area contributed by atoms with Crippen LogP contribution in [0.4, 0.5) is 0 Å². The molecule has 2 rings (SSSR count). The Balaban J connectivity index is 2.25. The Labute approximate surface area is 162 Å². The second-order valence-electron chi connectivity index (χ2n) is 6.42. The average Bonchev–Trinajstić information content (AvgIpc) is 2.65. The Morgan fingerprint density at radius 1 is 1.07 bits per heavy atom. The van der Waals surface area contributed by atoms with Crippen molar-refractivity contribution >= 4 is 10.0 Å². The zero-order valence-electron chi connectivity index (χ0n) is 16.2. The van der Waals surface area contributed by atoms with E-state index in [2.05, 4.69) is 11.8 Å². The molecule has 0 aliphatic carbocycles. The van der Waals surface area contributed by atoms with Crippen LogP contribution in [0.5, 0.6) is 5.75 Å². The fraction of sp³-hybridized carbons (Fsp3) is 0.273. The molecule has 0 fully saturated rings. The fourth-order valence-corrected chi connectivity index (χ4v) is 3.58. The number of sulfonamides is 1. The molecule has 0 aliphatic rings. The minimum Gasteiger partial charge on any atom is -0.497 e. The van der Waals surface area contributed by atoms with Gasteiger partial charge in [-0.3, -0.25) is 0 Å². The van der Waals surface area contributed by atoms with E-state index < -0.39 is 10.0 Å². The number of benzene rings is 2. The first-order valence-corrected chi connectivity index (χ1v) is 10.1. The summed E-state index contributed by atoms with van der Waals surface area (Å²) in [7, 11) is -2.00. The summed E-state index contributed by atoms with van der Waals surface area (Å²) < 4.78 is 32.5. The Hall–Kier alpha value is -2.55. The summed E-state index contributed by atoms with van der Waals surface area (Å²) in [5, 5.41) is 0. The third-order valence-corrected chi connectivity index (χ3v) is 5.77. The van der Waals surface area contributed by atoms with Gasteiger partial charge in [-0.25, -0.2) is 8.42 Å². The molecule has 0 aromatic heterocycles. The number of ether oxygens (including phenoxy) is 1. The zero-order chi connectivity index (χ0) is 19.9. The van der Waals surface area contributed by atoms with Gasteiger partial charge in [0, 0.05) is 12.1 Å². The molecule has 2 aromatic carbocycles. The molecule has 5 heteroatoms. The summed E-state index contributed by atoms with van der Waals surface area (Å²) in [6.45, 7) is 6.22. The monoisotopic (exact) mass is 383 g/mol. The van der Waals surface area contributed by atoms with Crippen LogP contribution >= 0.6 is 0 Å². The molecule has 0 heterocycles. The van der Waals surface area contributed by atoms with Crippen molar-refractivity contribution < 1.29 is 13.2 Å². The molecule has 0 bridgehead atoms. The average molecular weight is 384 g/mol. The lowest BCUT2D eigenvalue weighted by molar-refractivity contribution is 0.415. The highest BCUT2D eigenvalue weighted by atomic mass is 32.2. The summed E-state index contributed by atoms with van der Waals surface area (Å²) in [4.78, 5) is 0.279. The SMILES string of the molecule is COc1ccc(C#CCN(CC=C(C)C)S(=O)(=O)c2ccc(C)cc2)cc1. The van der Waals surface area contributed by atoms with Gasteiger partial charge in [-0.1, -0.05) is 41.2 Å². The van der Waals surface area contributed by atoms with Crippen molar-refractivity contribution in [3.8, 4) is 17.6 Å². The van der Waals surface area contributed by atoms with Crippen molar-refractivity contribution in [2.24, 2.45) is 0 Å². The van der Waals surface area contributed by atoms with Crippen LogP contribution in [0.1, 0.15) is 25.0 Å². The van der Waals surface area contributed by atoms with E-state index in [1.165, 1.54) is 4.31 Å². The van der Waals surface area contributed by atoms with Gasteiger partial charge in [-0.05, 0) is 57.2 Å². The van der Waals surface area contributed by atoms with Gasteiger partial charge in [0.05, 0.1) is 18.6 Å². The highest BCUT2D eigenvalue weighted by Crippen LogP contribution is 2.16. The zero-order valence-corrected chi connectivity index (χ0v) is 17.0. The van der Waals surface area contributed by atoms with Gasteiger partial charge in [0.1, 0.15) is 5.75 Å². The first-order valence-electron chi connectivity index (χ1n) is 8.66. The van der Waals surface area contributed by atoms with E-state index in [1.54, 1.807) is 31.4 Å². The molecule has 0 saturated heterocycles. The van der Waals surface area contributed by atoms with Gasteiger partial charge < -0.3 is 4.74 Å². The third kappa shape index (κ3) is 5.99. The molecule has 0 radical (unpaired) electrons. The first kappa shape index (κ1) is 20.8. The van der Waals surface area contributed by atoms with Crippen LogP contribution in [-0.4, -0.2) is 32.9 Å². The molecule has 0 N–H and O–H groups in total. The number of nitrogens with zero attached hydrogens (tertiary/aromatic N) is 1. The number of rotatable bonds is 6. The van der Waals surface area contributed by atoms with Crippen LogP contribution in [0, 0.1) is 18.8 Å². The van der Waals surface area contributed by atoms with Crippen LogP contribution in [0.2, 0.25) is 0 Å². The van der Waals surface area contributed by atoms with E-state index in [-0.39, 0.29) is 18.0 Å². The maximum Gasteiger partial charge on any atom is 0.244 e. The summed E-state index contributed by atoms with van der Waals surface area (Å²) >= 11 is 0. The minimum atomic E-state index is -3.61. The lowest BCUT2D eigenvalue weighted by Gasteiger charge is -2.18. The van der Waals surface area contributed by atoms with Crippen molar-refractivity contribution in [1.82, 2.24) is 4.31 Å². The molecule has 2 aromatic rings. The molecule has 142 valence electrons. The quantitative estimate of drug-likeness (QED) is 0.559. The number of methoxy groups -OCH3 is 1. The van der Waals surface area contributed by atoms with Crippen LogP contribution < -0.4 is 4.74 Å². The molecule has 0 amide bonds. The minimum absolute atomic E-state index is 0.117. The van der Waals surface area contributed by atoms with E-state index in [4.69, 9.17) is 4.74 Å². The van der Waals surface area contributed by atoms with E-state index >= 15 is 0 Å². The largest absolute Gasteiger partial charge is 0.497 e. The van der Waals surface area contributed by atoms with Crippen LogP contribution in [-0.2, 0) is 10.0 Å². The van der Waals surface area contributed by atoms with E-state index in [0.29, 0.717) is 0 Å². The highest BCUT2D eigenvalue weighted by Gasteiger charge is 2.22. The molecule has 0 unspecified atom stereocenters. The standard InChI is InChI=1S/C22H25NO3S/c1-18(2)15-17-23(27(24,25)22-13-7-19(3)8-14-22)16-5-6-20-9-11-21(26-4)12-10-20/h7-15H,16-17H2,1-4H3. The second-order valence-corrected chi connectivity index (χ2v) is 8.36. The predicted octanol–water partition coefficient (Wildman–Crippen LogP) is 4.01. The van der Waals surface area contributed by atoms with Gasteiger partial charge >= 0.3 is 0 Å². The van der Waals surface area contributed by atoms with Gasteiger partial charge in [0.15, 0.2) is 0 Å². The van der Waals surface area contributed by atoms with Gasteiger partial charge in [-0.15, -0.1) is 0 Å². The molecule has 0 saturated carbocycles. The molecule has 0 atom stereocenters. The molecular weight excluding hydrogens is 358 g/mol. The normalized spacial score (nSPS) is 10.9. The smallest absolute Gasteiger partial charge is 0.244 e. The fourth-order valence-electron chi connectivity index (χ4n) is 2.30. The van der Waals surface area contributed by atoms with E-state index in [9.17, 15) is 8.42 Å². The lowest BCUT2D eigenvalue weighted by atomic mass is 10.2. The topological polar surface area (TPSA) is 46.6 Å². The number of allylic oxidation sites excluding steroid dienone is 1. The number of hydrogen-bond acceptors (Lipinski definition) is 3. The Morgan fingerprint density at radius 3 is 2.26 bits per heavy atom. The molecular formula is C22H25NO3S.